The molecule has 3 aromatic rings. The Labute approximate surface area is 170 Å². The first kappa shape index (κ1) is 20.7. The standard InChI is InChI=1S/C20H17FN4O5/c21-16-10-13(24-19-8-4-14(11-23-19)25(28)29)3-7-18(16)30-15-5-1-12(2-6-15)9-17(22)20(26)27/h1-8,10-11,17H,9,22H2,(H,23,24)(H,26,27)/t17-/m0/s1. The summed E-state index contributed by atoms with van der Waals surface area (Å²) in [5.74, 6) is -1.02. The number of halogens is 1. The van der Waals surface area contributed by atoms with E-state index in [0.29, 0.717) is 22.8 Å². The van der Waals surface area contributed by atoms with E-state index in [1.54, 1.807) is 30.3 Å². The van der Waals surface area contributed by atoms with Crippen molar-refractivity contribution in [3.63, 3.8) is 0 Å². The summed E-state index contributed by atoms with van der Waals surface area (Å²) in [4.78, 5) is 24.8. The number of carbonyl (C=O) groups is 1. The molecule has 0 aliphatic carbocycles. The van der Waals surface area contributed by atoms with Crippen molar-refractivity contribution in [1.82, 2.24) is 4.98 Å². The molecule has 0 saturated heterocycles. The van der Waals surface area contributed by atoms with E-state index in [4.69, 9.17) is 15.6 Å². The van der Waals surface area contributed by atoms with Crippen LogP contribution in [0.2, 0.25) is 0 Å². The SMILES string of the molecule is N[C@@H](Cc1ccc(Oc2ccc(Nc3ccc([N+](=O)[O-])cn3)cc2F)cc1)C(=O)O. The maximum Gasteiger partial charge on any atom is 0.320 e. The van der Waals surface area contributed by atoms with Gasteiger partial charge >= 0.3 is 5.97 Å². The molecule has 0 aliphatic heterocycles. The zero-order valence-electron chi connectivity index (χ0n) is 15.5. The third-order valence-electron chi connectivity index (χ3n) is 4.09. The first-order chi connectivity index (χ1) is 14.3. The molecule has 0 fully saturated rings. The lowest BCUT2D eigenvalue weighted by molar-refractivity contribution is -0.385. The fraction of sp³-hybridized carbons (Fsp3) is 0.100. The minimum atomic E-state index is -1.09. The highest BCUT2D eigenvalue weighted by Gasteiger charge is 2.13. The van der Waals surface area contributed by atoms with Crippen molar-refractivity contribution in [3.05, 3.63) is 82.3 Å². The second-order valence-corrected chi connectivity index (χ2v) is 6.32. The fourth-order valence-electron chi connectivity index (χ4n) is 2.54. The number of rotatable bonds is 8. The van der Waals surface area contributed by atoms with Crippen molar-refractivity contribution < 1.29 is 24.0 Å². The third kappa shape index (κ3) is 5.26. The summed E-state index contributed by atoms with van der Waals surface area (Å²) < 4.78 is 19.9. The molecule has 0 aliphatic rings. The van der Waals surface area contributed by atoms with E-state index < -0.39 is 22.8 Å². The van der Waals surface area contributed by atoms with Gasteiger partial charge in [-0.1, -0.05) is 12.1 Å². The van der Waals surface area contributed by atoms with Gasteiger partial charge in [-0.2, -0.15) is 0 Å². The van der Waals surface area contributed by atoms with Gasteiger partial charge in [-0.15, -0.1) is 0 Å². The molecule has 0 radical (unpaired) electrons. The van der Waals surface area contributed by atoms with Gasteiger partial charge in [0.1, 0.15) is 23.8 Å². The number of hydrogen-bond donors (Lipinski definition) is 3. The number of benzene rings is 2. The van der Waals surface area contributed by atoms with Gasteiger partial charge in [0.15, 0.2) is 11.6 Å². The summed E-state index contributed by atoms with van der Waals surface area (Å²) in [5.41, 5.74) is 6.46. The quantitative estimate of drug-likeness (QED) is 0.376. The number of nitrogens with two attached hydrogens (primary N) is 1. The molecule has 2 aromatic carbocycles. The molecule has 10 heteroatoms. The summed E-state index contributed by atoms with van der Waals surface area (Å²) in [6.45, 7) is 0. The molecule has 1 atom stereocenters. The zero-order valence-corrected chi connectivity index (χ0v) is 15.5. The Morgan fingerprint density at radius 1 is 1.23 bits per heavy atom. The minimum Gasteiger partial charge on any atom is -0.480 e. The number of aliphatic carboxylic acids is 1. The number of nitro groups is 1. The van der Waals surface area contributed by atoms with Gasteiger partial charge in [0.25, 0.3) is 5.69 Å². The van der Waals surface area contributed by atoms with E-state index in [1.807, 2.05) is 0 Å². The van der Waals surface area contributed by atoms with Crippen LogP contribution in [0.25, 0.3) is 0 Å². The normalized spacial score (nSPS) is 11.5. The van der Waals surface area contributed by atoms with Crippen LogP contribution in [0.3, 0.4) is 0 Å². The maximum atomic E-state index is 14.4. The molecule has 1 aromatic heterocycles. The second-order valence-electron chi connectivity index (χ2n) is 6.32. The number of nitrogens with one attached hydrogen (secondary N) is 1. The Morgan fingerprint density at radius 2 is 1.97 bits per heavy atom. The zero-order chi connectivity index (χ0) is 21.7. The van der Waals surface area contributed by atoms with E-state index in [1.165, 1.54) is 24.3 Å². The second kappa shape index (κ2) is 8.97. The smallest absolute Gasteiger partial charge is 0.320 e. The molecule has 0 unspecified atom stereocenters. The van der Waals surface area contributed by atoms with Crippen LogP contribution in [0.1, 0.15) is 5.56 Å². The van der Waals surface area contributed by atoms with Gasteiger partial charge in [-0.3, -0.25) is 14.9 Å². The molecule has 154 valence electrons. The van der Waals surface area contributed by atoms with Gasteiger partial charge in [-0.25, -0.2) is 9.37 Å². The number of pyridine rings is 1. The molecular formula is C20H17FN4O5. The number of carboxylic acid groups (broad SMARTS) is 1. The van der Waals surface area contributed by atoms with Crippen molar-refractivity contribution in [2.24, 2.45) is 5.73 Å². The monoisotopic (exact) mass is 412 g/mol. The van der Waals surface area contributed by atoms with E-state index in [-0.39, 0.29) is 17.9 Å². The van der Waals surface area contributed by atoms with Crippen molar-refractivity contribution in [2.75, 3.05) is 5.32 Å². The summed E-state index contributed by atoms with van der Waals surface area (Å²) in [5, 5.41) is 22.3. The number of aromatic nitrogens is 1. The topological polar surface area (TPSA) is 141 Å². The highest BCUT2D eigenvalue weighted by molar-refractivity contribution is 5.73. The highest BCUT2D eigenvalue weighted by atomic mass is 19.1. The summed E-state index contributed by atoms with van der Waals surface area (Å²) in [6, 6.07) is 12.4. The highest BCUT2D eigenvalue weighted by Crippen LogP contribution is 2.28. The summed E-state index contributed by atoms with van der Waals surface area (Å²) >= 11 is 0. The van der Waals surface area contributed by atoms with Gasteiger partial charge < -0.3 is 20.9 Å². The molecule has 1 heterocycles. The van der Waals surface area contributed by atoms with Crippen LogP contribution in [0.15, 0.2) is 60.8 Å². The predicted octanol–water partition coefficient (Wildman–Crippen LogP) is 3.62. The van der Waals surface area contributed by atoms with E-state index in [0.717, 1.165) is 6.20 Å². The minimum absolute atomic E-state index is 0.00723. The number of carboxylic acids is 1. The lowest BCUT2D eigenvalue weighted by Gasteiger charge is -2.11. The lowest BCUT2D eigenvalue weighted by Crippen LogP contribution is -2.32. The molecule has 30 heavy (non-hydrogen) atoms. The van der Waals surface area contributed by atoms with Gasteiger partial charge in [0.05, 0.1) is 4.92 Å². The average molecular weight is 412 g/mol. The van der Waals surface area contributed by atoms with Crippen LogP contribution in [0, 0.1) is 15.9 Å². The number of anilines is 2. The Kier molecular flexibility index (Phi) is 6.18. The van der Waals surface area contributed by atoms with Crippen molar-refractivity contribution in [1.29, 1.82) is 0 Å². The number of hydrogen-bond acceptors (Lipinski definition) is 7. The lowest BCUT2D eigenvalue weighted by atomic mass is 10.1. The Balaban J connectivity index is 1.65. The van der Waals surface area contributed by atoms with Crippen molar-refractivity contribution >= 4 is 23.2 Å². The van der Waals surface area contributed by atoms with Crippen LogP contribution in [-0.4, -0.2) is 27.0 Å². The Bertz CT molecular complexity index is 1060. The van der Waals surface area contributed by atoms with Crippen molar-refractivity contribution in [3.8, 4) is 11.5 Å². The number of nitrogens with zero attached hydrogens (tertiary/aromatic N) is 2. The average Bonchev–Trinajstić information content (AvgIpc) is 2.71. The van der Waals surface area contributed by atoms with E-state index in [2.05, 4.69) is 10.3 Å². The van der Waals surface area contributed by atoms with E-state index in [9.17, 15) is 19.3 Å². The summed E-state index contributed by atoms with van der Waals surface area (Å²) in [7, 11) is 0. The van der Waals surface area contributed by atoms with Gasteiger partial charge in [0.2, 0.25) is 0 Å². The first-order valence-electron chi connectivity index (χ1n) is 8.74. The van der Waals surface area contributed by atoms with Crippen LogP contribution >= 0.6 is 0 Å². The number of ether oxygens (including phenoxy) is 1. The Hall–Kier alpha value is -4.05. The predicted molar refractivity (Wildman–Crippen MR) is 106 cm³/mol. The first-order valence-corrected chi connectivity index (χ1v) is 8.74. The molecule has 9 nitrogen and oxygen atoms in total. The van der Waals surface area contributed by atoms with Gasteiger partial charge in [0, 0.05) is 17.8 Å². The van der Waals surface area contributed by atoms with Crippen molar-refractivity contribution in [2.45, 2.75) is 12.5 Å². The third-order valence-corrected chi connectivity index (χ3v) is 4.09. The maximum absolute atomic E-state index is 14.4. The molecular weight excluding hydrogens is 395 g/mol. The molecule has 0 saturated carbocycles. The van der Waals surface area contributed by atoms with E-state index >= 15 is 0 Å². The van der Waals surface area contributed by atoms with Crippen LogP contribution in [0.5, 0.6) is 11.5 Å². The van der Waals surface area contributed by atoms with Crippen LogP contribution in [0.4, 0.5) is 21.6 Å². The largest absolute Gasteiger partial charge is 0.480 e. The molecule has 0 amide bonds. The molecule has 0 bridgehead atoms. The van der Waals surface area contributed by atoms with Gasteiger partial charge in [-0.05, 0) is 42.3 Å². The molecule has 3 rings (SSSR count). The summed E-state index contributed by atoms with van der Waals surface area (Å²) in [6.07, 6.45) is 1.27. The molecule has 4 N–H and O–H groups in total. The van der Waals surface area contributed by atoms with Crippen LogP contribution in [-0.2, 0) is 11.2 Å². The Morgan fingerprint density at radius 3 is 2.53 bits per heavy atom. The fourth-order valence-corrected chi connectivity index (χ4v) is 2.54. The molecule has 0 spiro atoms. The van der Waals surface area contributed by atoms with Crippen LogP contribution < -0.4 is 15.8 Å².